The van der Waals surface area contributed by atoms with Crippen LogP contribution in [0.25, 0.3) is 11.3 Å². The fraction of sp³-hybridized carbons (Fsp3) is 0.167. The molecule has 1 heterocycles. The Kier molecular flexibility index (Phi) is 2.83. The van der Waals surface area contributed by atoms with Gasteiger partial charge in [-0.25, -0.2) is 4.39 Å². The van der Waals surface area contributed by atoms with Crippen LogP contribution in [0.1, 0.15) is 11.1 Å². The van der Waals surface area contributed by atoms with E-state index in [0.29, 0.717) is 15.9 Å². The van der Waals surface area contributed by atoms with Gasteiger partial charge in [0, 0.05) is 5.56 Å². The molecule has 0 spiro atoms. The first kappa shape index (κ1) is 11.0. The van der Waals surface area contributed by atoms with Gasteiger partial charge in [0.1, 0.15) is 10.5 Å². The third kappa shape index (κ3) is 2.02. The molecule has 0 bridgehead atoms. The van der Waals surface area contributed by atoms with Crippen molar-refractivity contribution >= 4 is 12.2 Å². The summed E-state index contributed by atoms with van der Waals surface area (Å²) in [6, 6.07) is 3.44. The van der Waals surface area contributed by atoms with Gasteiger partial charge in [0.2, 0.25) is 0 Å². The van der Waals surface area contributed by atoms with E-state index >= 15 is 0 Å². The summed E-state index contributed by atoms with van der Waals surface area (Å²) in [5, 5.41) is 0. The Labute approximate surface area is 98.2 Å². The fourth-order valence-electron chi connectivity index (χ4n) is 1.76. The number of hydrogen-bond donors (Lipinski definition) is 1. The van der Waals surface area contributed by atoms with Gasteiger partial charge >= 0.3 is 0 Å². The van der Waals surface area contributed by atoms with E-state index in [1.54, 1.807) is 6.20 Å². The minimum atomic E-state index is -0.254. The van der Waals surface area contributed by atoms with Crippen molar-refractivity contribution in [1.29, 1.82) is 0 Å². The van der Waals surface area contributed by atoms with Crippen molar-refractivity contribution in [2.24, 2.45) is 0 Å². The van der Waals surface area contributed by atoms with Crippen molar-refractivity contribution < 1.29 is 4.39 Å². The molecule has 2 aromatic rings. The zero-order valence-electron chi connectivity index (χ0n) is 9.04. The molecule has 0 amide bonds. The van der Waals surface area contributed by atoms with Crippen LogP contribution in [-0.4, -0.2) is 9.97 Å². The summed E-state index contributed by atoms with van der Waals surface area (Å²) >= 11 is 4.97. The van der Waals surface area contributed by atoms with E-state index in [-0.39, 0.29) is 5.82 Å². The number of aromatic amines is 1. The molecule has 1 aromatic heterocycles. The lowest BCUT2D eigenvalue weighted by Gasteiger charge is -2.08. The number of nitrogens with zero attached hydrogens (tertiary/aromatic N) is 1. The largest absolute Gasteiger partial charge is 0.343 e. The normalized spacial score (nSPS) is 10.4. The van der Waals surface area contributed by atoms with E-state index in [0.717, 1.165) is 11.1 Å². The summed E-state index contributed by atoms with van der Waals surface area (Å²) < 4.78 is 14.3. The second kappa shape index (κ2) is 4.14. The summed E-state index contributed by atoms with van der Waals surface area (Å²) in [7, 11) is 0. The number of aromatic nitrogens is 2. The van der Waals surface area contributed by atoms with Crippen LogP contribution in [-0.2, 0) is 0 Å². The molecule has 82 valence electrons. The van der Waals surface area contributed by atoms with Crippen LogP contribution in [0.15, 0.2) is 24.5 Å². The van der Waals surface area contributed by atoms with Crippen LogP contribution in [0.5, 0.6) is 0 Å². The smallest absolute Gasteiger partial charge is 0.133 e. The first-order chi connectivity index (χ1) is 7.58. The summed E-state index contributed by atoms with van der Waals surface area (Å²) in [6.45, 7) is 3.74. The summed E-state index contributed by atoms with van der Waals surface area (Å²) in [4.78, 5) is 6.90. The minimum absolute atomic E-state index is 0.254. The molecule has 2 nitrogen and oxygen atoms in total. The number of nitrogens with one attached hydrogen (secondary N) is 1. The second-order valence-electron chi connectivity index (χ2n) is 3.75. The maximum atomic E-state index is 13.8. The second-order valence-corrected chi connectivity index (χ2v) is 4.19. The lowest BCUT2D eigenvalue weighted by atomic mass is 10.0. The van der Waals surface area contributed by atoms with Crippen LogP contribution >= 0.6 is 12.2 Å². The van der Waals surface area contributed by atoms with Gasteiger partial charge in [-0.3, -0.25) is 4.98 Å². The predicted molar refractivity (Wildman–Crippen MR) is 64.3 cm³/mol. The SMILES string of the molecule is Cc1cc(C)c(-c2cncc(=S)[nH]2)c(F)c1. The number of hydrogen-bond acceptors (Lipinski definition) is 2. The van der Waals surface area contributed by atoms with Crippen LogP contribution in [0.2, 0.25) is 0 Å². The van der Waals surface area contributed by atoms with Crippen molar-refractivity contribution in [3.63, 3.8) is 0 Å². The molecule has 0 fully saturated rings. The highest BCUT2D eigenvalue weighted by atomic mass is 32.1. The molecule has 0 atom stereocenters. The first-order valence-electron chi connectivity index (χ1n) is 4.89. The van der Waals surface area contributed by atoms with Crippen molar-refractivity contribution in [3.8, 4) is 11.3 Å². The Bertz CT molecular complexity index is 567. The van der Waals surface area contributed by atoms with Gasteiger partial charge in [0.15, 0.2) is 0 Å². The standard InChI is InChI=1S/C12H11FN2S/c1-7-3-8(2)12(9(13)4-7)10-5-14-6-11(16)15-10/h3-6H,1-2H3,(H,15,16). The van der Waals surface area contributed by atoms with Gasteiger partial charge in [0.25, 0.3) is 0 Å². The van der Waals surface area contributed by atoms with Crippen molar-refractivity contribution in [2.45, 2.75) is 13.8 Å². The molecule has 0 radical (unpaired) electrons. The molecule has 4 heteroatoms. The molecular weight excluding hydrogens is 223 g/mol. The topological polar surface area (TPSA) is 28.7 Å². The fourth-order valence-corrected chi connectivity index (χ4v) is 1.93. The van der Waals surface area contributed by atoms with E-state index in [1.807, 2.05) is 19.9 Å². The third-order valence-electron chi connectivity index (χ3n) is 2.35. The van der Waals surface area contributed by atoms with Gasteiger partial charge in [-0.05, 0) is 31.0 Å². The lowest BCUT2D eigenvalue weighted by molar-refractivity contribution is 0.628. The molecule has 0 aliphatic rings. The van der Waals surface area contributed by atoms with Crippen molar-refractivity contribution in [2.75, 3.05) is 0 Å². The highest BCUT2D eigenvalue weighted by Crippen LogP contribution is 2.25. The van der Waals surface area contributed by atoms with Crippen LogP contribution in [0.4, 0.5) is 4.39 Å². The summed E-state index contributed by atoms with van der Waals surface area (Å²) in [5.41, 5.74) is 2.92. The molecule has 0 saturated heterocycles. The molecule has 0 aliphatic heterocycles. The molecule has 0 aliphatic carbocycles. The predicted octanol–water partition coefficient (Wildman–Crippen LogP) is 3.56. The molecule has 1 aromatic carbocycles. The third-order valence-corrected chi connectivity index (χ3v) is 2.56. The van der Waals surface area contributed by atoms with Gasteiger partial charge in [-0.15, -0.1) is 0 Å². The summed E-state index contributed by atoms with van der Waals surface area (Å²) in [6.07, 6.45) is 3.11. The van der Waals surface area contributed by atoms with Gasteiger partial charge in [-0.1, -0.05) is 18.3 Å². The average molecular weight is 234 g/mol. The quantitative estimate of drug-likeness (QED) is 0.764. The van der Waals surface area contributed by atoms with Gasteiger partial charge < -0.3 is 4.98 Å². The number of benzene rings is 1. The monoisotopic (exact) mass is 234 g/mol. The summed E-state index contributed by atoms with van der Waals surface area (Å²) in [5.74, 6) is -0.254. The van der Waals surface area contributed by atoms with E-state index in [2.05, 4.69) is 9.97 Å². The van der Waals surface area contributed by atoms with Crippen molar-refractivity contribution in [3.05, 3.63) is 46.1 Å². The number of H-pyrrole nitrogens is 1. The number of aryl methyl sites for hydroxylation is 2. The zero-order valence-corrected chi connectivity index (χ0v) is 9.86. The minimum Gasteiger partial charge on any atom is -0.343 e. The van der Waals surface area contributed by atoms with Crippen LogP contribution in [0.3, 0.4) is 0 Å². The molecule has 0 saturated carbocycles. The van der Waals surface area contributed by atoms with Gasteiger partial charge in [-0.2, -0.15) is 0 Å². The van der Waals surface area contributed by atoms with E-state index in [1.165, 1.54) is 12.3 Å². The Morgan fingerprint density at radius 3 is 2.62 bits per heavy atom. The Morgan fingerprint density at radius 2 is 2.00 bits per heavy atom. The van der Waals surface area contributed by atoms with E-state index in [9.17, 15) is 4.39 Å². The lowest BCUT2D eigenvalue weighted by Crippen LogP contribution is -1.94. The first-order valence-corrected chi connectivity index (χ1v) is 5.30. The molecule has 16 heavy (non-hydrogen) atoms. The van der Waals surface area contributed by atoms with E-state index < -0.39 is 0 Å². The van der Waals surface area contributed by atoms with Crippen LogP contribution in [0, 0.1) is 24.3 Å². The average Bonchev–Trinajstić information content (AvgIpc) is 2.15. The highest BCUT2D eigenvalue weighted by molar-refractivity contribution is 7.71. The van der Waals surface area contributed by atoms with Crippen LogP contribution < -0.4 is 0 Å². The Balaban J connectivity index is 2.69. The Hall–Kier alpha value is -1.55. The molecule has 2 rings (SSSR count). The zero-order chi connectivity index (χ0) is 11.7. The molecule has 1 N–H and O–H groups in total. The van der Waals surface area contributed by atoms with Crippen molar-refractivity contribution in [1.82, 2.24) is 9.97 Å². The number of halogens is 1. The number of rotatable bonds is 1. The highest BCUT2D eigenvalue weighted by Gasteiger charge is 2.09. The van der Waals surface area contributed by atoms with E-state index in [4.69, 9.17) is 12.2 Å². The maximum Gasteiger partial charge on any atom is 0.133 e. The molecule has 0 unspecified atom stereocenters. The van der Waals surface area contributed by atoms with Gasteiger partial charge in [0.05, 0.1) is 18.1 Å². The maximum absolute atomic E-state index is 13.8. The molecular formula is C12H11FN2S. The Morgan fingerprint density at radius 1 is 1.25 bits per heavy atom.